The molecular weight excluding hydrogens is 491 g/mol. The third kappa shape index (κ3) is 77.6. The van der Waals surface area contributed by atoms with Gasteiger partial charge in [0.1, 0.15) is 0 Å². The molecule has 0 saturated carbocycles. The maximum absolute atomic E-state index is 8.34. The Morgan fingerprint density at radius 3 is 0.906 bits per heavy atom. The zero-order chi connectivity index (χ0) is 25.6. The van der Waals surface area contributed by atoms with Crippen LogP contribution in [0, 0.1) is 0 Å². The number of aliphatic hydroxyl groups excluding tert-OH is 2. The molecule has 0 heterocycles. The fourth-order valence-electron chi connectivity index (χ4n) is 2.26. The van der Waals surface area contributed by atoms with Gasteiger partial charge >= 0.3 is 27.5 Å². The molecule has 0 rings (SSSR count). The van der Waals surface area contributed by atoms with Crippen molar-refractivity contribution >= 4 is 0 Å². The molecule has 0 fully saturated rings. The third-order valence-electron chi connectivity index (χ3n) is 4.20. The zero-order valence-corrected chi connectivity index (χ0v) is 24.1. The summed E-state index contributed by atoms with van der Waals surface area (Å²) in [7, 11) is 0. The van der Waals surface area contributed by atoms with Gasteiger partial charge in [0, 0.05) is 13.2 Å². The minimum atomic E-state index is 0.300. The van der Waals surface area contributed by atoms with Crippen molar-refractivity contribution in [1.29, 1.82) is 0 Å². The molecule has 0 aromatic carbocycles. The van der Waals surface area contributed by atoms with Crippen LogP contribution >= 0.6 is 0 Å². The van der Waals surface area contributed by atoms with E-state index in [0.29, 0.717) is 51.2 Å². The number of unbranched alkanes of at least 4 members (excludes halogenated alkanes) is 12. The Balaban J connectivity index is -0.0000000987. The summed E-state index contributed by atoms with van der Waals surface area (Å²) < 4.78 is 8.34. The molecule has 8 heteroatoms. The molecule has 198 valence electrons. The fourth-order valence-corrected chi connectivity index (χ4v) is 2.26. The van der Waals surface area contributed by atoms with Crippen molar-refractivity contribution in [3.8, 4) is 0 Å². The molecule has 0 aliphatic heterocycles. The molecule has 4 N–H and O–H groups in total. The molecule has 0 aliphatic carbocycles. The van der Waals surface area contributed by atoms with Gasteiger partial charge < -0.3 is 10.2 Å². The molecule has 0 aromatic rings. The Morgan fingerprint density at radius 1 is 0.469 bits per heavy atom. The van der Waals surface area contributed by atoms with E-state index in [9.17, 15) is 0 Å². The van der Waals surface area contributed by atoms with Crippen molar-refractivity contribution < 1.29 is 58.0 Å². The Hall–Kier alpha value is 0.443. The summed E-state index contributed by atoms with van der Waals surface area (Å²) in [5, 5.41) is 32.3. The summed E-state index contributed by atoms with van der Waals surface area (Å²) in [6.45, 7) is 10.3. The monoisotopic (exact) mass is 546 g/mol. The van der Waals surface area contributed by atoms with Gasteiger partial charge in [-0.25, -0.2) is 9.78 Å². The molecule has 0 saturated heterocycles. The van der Waals surface area contributed by atoms with E-state index >= 15 is 0 Å². The molecule has 0 bridgehead atoms. The van der Waals surface area contributed by atoms with Gasteiger partial charge in [-0.1, -0.05) is 105 Å². The van der Waals surface area contributed by atoms with Gasteiger partial charge in [-0.2, -0.15) is 0 Å². The van der Waals surface area contributed by atoms with Gasteiger partial charge in [0.25, 0.3) is 0 Å². The quantitative estimate of drug-likeness (QED) is 0.0820. The van der Waals surface area contributed by atoms with Crippen molar-refractivity contribution in [2.24, 2.45) is 0 Å². The van der Waals surface area contributed by atoms with Crippen LogP contribution in [-0.4, -0.2) is 47.2 Å². The van der Waals surface area contributed by atoms with Gasteiger partial charge in [-0.15, -0.1) is 0 Å². The molecule has 0 amide bonds. The number of rotatable bonds is 18. The minimum absolute atomic E-state index is 0.300. The molecule has 0 spiro atoms. The van der Waals surface area contributed by atoms with Crippen LogP contribution in [0.4, 0.5) is 0 Å². The van der Waals surface area contributed by atoms with E-state index in [-0.39, 0.29) is 0 Å². The Labute approximate surface area is 214 Å². The predicted octanol–water partition coefficient (Wildman–Crippen LogP) is 7.11. The van der Waals surface area contributed by atoms with Gasteiger partial charge in [0.05, 0.1) is 13.2 Å². The first-order valence-electron chi connectivity index (χ1n) is 12.6. The van der Waals surface area contributed by atoms with E-state index in [0.717, 1.165) is 38.5 Å². The van der Waals surface area contributed by atoms with Crippen LogP contribution in [0.15, 0.2) is 0 Å². The van der Waals surface area contributed by atoms with Crippen molar-refractivity contribution in [1.82, 2.24) is 0 Å². The standard InChI is InChI=1S/2C6H14O2.2C6H14O.O.Zr/c2*1-2-3-4-5-6-8-7;2*1-2-3-4-5-6-7;;/h2*7H,2-6H2,1H3;2*7H,2-6H2,1H3;;. The summed E-state index contributed by atoms with van der Waals surface area (Å²) in [6.07, 6.45) is 18.6. The number of aliphatic hydroxyl groups is 2. The SMILES string of the molecule is CCCCCCO.CCCCCCO.CCCCCCOO.CCCCCCOO.[O]=[Zr]. The van der Waals surface area contributed by atoms with Gasteiger partial charge in [0.2, 0.25) is 0 Å². The van der Waals surface area contributed by atoms with Crippen molar-refractivity contribution in [2.75, 3.05) is 26.4 Å². The van der Waals surface area contributed by atoms with Crippen LogP contribution in [0.25, 0.3) is 0 Å². The van der Waals surface area contributed by atoms with Crippen molar-refractivity contribution in [2.45, 2.75) is 130 Å². The summed E-state index contributed by atoms with van der Waals surface area (Å²) in [6, 6.07) is 0. The molecule has 0 radical (unpaired) electrons. The summed E-state index contributed by atoms with van der Waals surface area (Å²) in [5.74, 6) is 0. The van der Waals surface area contributed by atoms with E-state index in [1.165, 1.54) is 64.2 Å². The van der Waals surface area contributed by atoms with Gasteiger partial charge in [-0.3, -0.25) is 10.5 Å². The number of hydrogen-bond acceptors (Lipinski definition) is 7. The Bertz CT molecular complexity index is 196. The first-order valence-corrected chi connectivity index (χ1v) is 13.6. The Morgan fingerprint density at radius 2 is 0.719 bits per heavy atom. The average Bonchev–Trinajstić information content (AvgIpc) is 2.83. The summed E-state index contributed by atoms with van der Waals surface area (Å²) in [4.78, 5) is 7.78. The third-order valence-corrected chi connectivity index (χ3v) is 4.20. The van der Waals surface area contributed by atoms with E-state index in [1.54, 1.807) is 0 Å². The fraction of sp³-hybridized carbons (Fsp3) is 1.00. The summed E-state index contributed by atoms with van der Waals surface area (Å²) >= 11 is 0.300. The molecule has 0 atom stereocenters. The molecule has 32 heavy (non-hydrogen) atoms. The van der Waals surface area contributed by atoms with Crippen LogP contribution in [-0.2, 0) is 37.3 Å². The maximum atomic E-state index is 8.34. The van der Waals surface area contributed by atoms with E-state index in [2.05, 4.69) is 37.5 Å². The normalized spacial score (nSPS) is 9.09. The molecule has 0 aromatic heterocycles. The second kappa shape index (κ2) is 57.9. The van der Waals surface area contributed by atoms with E-state index in [1.807, 2.05) is 0 Å². The molecular formula is C24H56O7Zr. The van der Waals surface area contributed by atoms with E-state index in [4.69, 9.17) is 23.5 Å². The van der Waals surface area contributed by atoms with Crippen LogP contribution in [0.1, 0.15) is 130 Å². The second-order valence-electron chi connectivity index (χ2n) is 7.36. The van der Waals surface area contributed by atoms with Crippen LogP contribution in [0.2, 0.25) is 0 Å². The van der Waals surface area contributed by atoms with Gasteiger partial charge in [0.15, 0.2) is 0 Å². The Kier molecular flexibility index (Phi) is 77.0. The molecule has 0 aliphatic rings. The van der Waals surface area contributed by atoms with Crippen LogP contribution in [0.5, 0.6) is 0 Å². The zero-order valence-electron chi connectivity index (χ0n) is 21.7. The topological polar surface area (TPSA) is 116 Å². The van der Waals surface area contributed by atoms with Crippen molar-refractivity contribution in [3.05, 3.63) is 0 Å². The van der Waals surface area contributed by atoms with E-state index < -0.39 is 0 Å². The second-order valence-corrected chi connectivity index (χ2v) is 7.36. The van der Waals surface area contributed by atoms with Crippen molar-refractivity contribution in [3.63, 3.8) is 0 Å². The molecule has 7 nitrogen and oxygen atoms in total. The summed E-state index contributed by atoms with van der Waals surface area (Å²) in [5.41, 5.74) is 0. The molecule has 0 unspecified atom stereocenters. The van der Waals surface area contributed by atoms with Crippen LogP contribution in [0.3, 0.4) is 0 Å². The average molecular weight is 548 g/mol. The van der Waals surface area contributed by atoms with Gasteiger partial charge in [-0.05, 0) is 25.7 Å². The number of hydrogen-bond donors (Lipinski definition) is 4. The predicted molar refractivity (Wildman–Crippen MR) is 129 cm³/mol. The van der Waals surface area contributed by atoms with Crippen LogP contribution < -0.4 is 0 Å². The first-order chi connectivity index (χ1) is 15.7. The first kappa shape index (κ1) is 42.6.